The molecule has 44 valence electrons. The smallest absolute Gasteiger partial charge is 0.106 e. The lowest BCUT2D eigenvalue weighted by atomic mass is 11.3. The Bertz CT molecular complexity index is 5.51. The van der Waals surface area contributed by atoms with Gasteiger partial charge in [0.1, 0.15) is 0 Å². The zero-order valence-electron chi connectivity index (χ0n) is 3.05. The van der Waals surface area contributed by atoms with Crippen molar-refractivity contribution in [3.63, 3.8) is 0 Å². The van der Waals surface area contributed by atoms with E-state index in [-0.39, 0.29) is 67.9 Å². The van der Waals surface area contributed by atoms with E-state index < -0.39 is 0 Å². The highest BCUT2D eigenvalue weighted by Gasteiger charge is 0.601. The van der Waals surface area contributed by atoms with Crippen molar-refractivity contribution in [3.05, 3.63) is 13.2 Å². The Morgan fingerprint density at radius 1 is 0.500 bits per heavy atom. The van der Waals surface area contributed by atoms with E-state index in [1.54, 1.807) is 0 Å². The van der Waals surface area contributed by atoms with Gasteiger partial charge in [-0.2, -0.15) is 0 Å². The van der Waals surface area contributed by atoms with Crippen molar-refractivity contribution in [2.24, 2.45) is 0 Å². The first-order valence-electron chi connectivity index (χ1n) is 0.500. The maximum atomic E-state index is 3.00. The first-order chi connectivity index (χ1) is 1.00. The Balaban J connectivity index is -0.000000000833. The van der Waals surface area contributed by atoms with E-state index in [0.717, 1.165) is 0 Å². The zero-order valence-corrected chi connectivity index (χ0v) is 9.90. The fourth-order valence-electron chi connectivity index (χ4n) is 0. The van der Waals surface area contributed by atoms with Crippen molar-refractivity contribution in [2.45, 2.75) is 0 Å². The number of hydrogen-bond acceptors (Lipinski definition) is 0. The second-order valence-corrected chi connectivity index (χ2v) is 0. The molecule has 0 aromatic rings. The van der Waals surface area contributed by atoms with Crippen molar-refractivity contribution in [2.75, 3.05) is 0 Å². The van der Waals surface area contributed by atoms with Gasteiger partial charge in [-0.3, -0.25) is 0 Å². The Labute approximate surface area is 80.5 Å². The van der Waals surface area contributed by atoms with Crippen molar-refractivity contribution in [3.8, 4) is 0 Å². The van der Waals surface area contributed by atoms with Crippen LogP contribution in [0, 0.1) is 0 Å². The van der Waals surface area contributed by atoms with Crippen LogP contribution < -0.4 is 0 Å². The van der Waals surface area contributed by atoms with Crippen LogP contribution in [0.1, 0.15) is 0 Å². The molecule has 0 spiro atoms. The summed E-state index contributed by atoms with van der Waals surface area (Å²) in [5, 5.41) is 0. The van der Waals surface area contributed by atoms with Crippen LogP contribution >= 0.6 is 67.9 Å². The molecule has 0 unspecified atom stereocenters. The average Bonchev–Trinajstić information content (AvgIpc) is 1.00. The third kappa shape index (κ3) is 44.6. The van der Waals surface area contributed by atoms with E-state index in [2.05, 4.69) is 13.2 Å². The first kappa shape index (κ1) is 48.0. The molecular weight excluding hydrogens is 344 g/mol. The van der Waals surface area contributed by atoms with Gasteiger partial charge in [-0.05, 0) is 0 Å². The van der Waals surface area contributed by atoms with Crippen LogP contribution in [0.3, 0.4) is 0 Å². The minimum absolute atomic E-state index is 0. The fraction of sp³-hybridized carbons (Fsp3) is 0. The van der Waals surface area contributed by atoms with Crippen LogP contribution in [-0.2, 0) is 0 Å². The van der Waals surface area contributed by atoms with Crippen LogP contribution in [0.5, 0.6) is 0 Å². The molecule has 0 aromatic heterocycles. The topological polar surface area (TPSA) is 0 Å². The maximum absolute atomic E-state index is 3.00. The summed E-state index contributed by atoms with van der Waals surface area (Å²) in [6.45, 7) is 6.00. The molecule has 0 atom stereocenters. The number of rotatable bonds is 0. The summed E-state index contributed by atoms with van der Waals surface area (Å²) in [4.78, 5) is 0. The molecule has 0 saturated heterocycles. The van der Waals surface area contributed by atoms with E-state index >= 15 is 0 Å². The Morgan fingerprint density at radius 3 is 0.500 bits per heavy atom. The average molecular weight is 352 g/mol. The molecular formula is C2H8Br4. The molecule has 0 aliphatic rings. The highest BCUT2D eigenvalue weighted by atomic mass is 79.9. The standard InChI is InChI=1S/C2H4.4BrH/c1-2;;;;/h1-2H2;4*1H. The molecule has 6 heavy (non-hydrogen) atoms. The van der Waals surface area contributed by atoms with E-state index in [1.165, 1.54) is 0 Å². The molecule has 0 saturated carbocycles. The van der Waals surface area contributed by atoms with Crippen molar-refractivity contribution >= 4 is 67.9 Å². The summed E-state index contributed by atoms with van der Waals surface area (Å²) in [6, 6.07) is 0. The quantitative estimate of drug-likeness (QED) is 0.588. The maximum Gasteiger partial charge on any atom is -0.106 e. The van der Waals surface area contributed by atoms with E-state index in [9.17, 15) is 0 Å². The van der Waals surface area contributed by atoms with Gasteiger partial charge >= 0.3 is 0 Å². The zero-order chi connectivity index (χ0) is 2.00. The van der Waals surface area contributed by atoms with Gasteiger partial charge in [0.05, 0.1) is 0 Å². The van der Waals surface area contributed by atoms with Gasteiger partial charge in [-0.15, -0.1) is 81.1 Å². The summed E-state index contributed by atoms with van der Waals surface area (Å²) in [7, 11) is 0. The lowest BCUT2D eigenvalue weighted by Gasteiger charge is -0.813. The minimum Gasteiger partial charge on any atom is -0.114 e. The first-order valence-corrected chi connectivity index (χ1v) is 0.500. The molecule has 4 heteroatoms. The van der Waals surface area contributed by atoms with Crippen molar-refractivity contribution in [1.82, 2.24) is 0 Å². The summed E-state index contributed by atoms with van der Waals surface area (Å²) in [6.07, 6.45) is 0. The molecule has 0 aliphatic carbocycles. The van der Waals surface area contributed by atoms with Gasteiger partial charge < -0.3 is 0 Å². The lowest BCUT2D eigenvalue weighted by molar-refractivity contribution is 2.81. The van der Waals surface area contributed by atoms with Gasteiger partial charge in [0.25, 0.3) is 0 Å². The second kappa shape index (κ2) is 77.4. The molecule has 0 amide bonds. The summed E-state index contributed by atoms with van der Waals surface area (Å²) >= 11 is 0. The van der Waals surface area contributed by atoms with Crippen LogP contribution in [0.25, 0.3) is 0 Å². The molecule has 0 heterocycles. The van der Waals surface area contributed by atoms with E-state index in [1.807, 2.05) is 0 Å². The summed E-state index contributed by atoms with van der Waals surface area (Å²) in [5.41, 5.74) is 0. The predicted molar refractivity (Wildman–Crippen MR) is 52.5 cm³/mol. The summed E-state index contributed by atoms with van der Waals surface area (Å²) < 4.78 is 0. The third-order valence-electron chi connectivity index (χ3n) is 0. The fourth-order valence-corrected chi connectivity index (χ4v) is 0. The molecule has 0 nitrogen and oxygen atoms in total. The van der Waals surface area contributed by atoms with Gasteiger partial charge in [-0.25, -0.2) is 0 Å². The second-order valence-electron chi connectivity index (χ2n) is 0. The van der Waals surface area contributed by atoms with Crippen LogP contribution in [0.2, 0.25) is 0 Å². The van der Waals surface area contributed by atoms with Crippen molar-refractivity contribution < 1.29 is 0 Å². The molecule has 0 aliphatic heterocycles. The molecule has 0 rings (SSSR count). The third-order valence-corrected chi connectivity index (χ3v) is 0. The normalized spacial score (nSPS) is 0.667. The van der Waals surface area contributed by atoms with E-state index in [0.29, 0.717) is 0 Å². The minimum atomic E-state index is 0. The molecule has 0 bridgehead atoms. The predicted octanol–water partition coefficient (Wildman–Crippen LogP) is 3.11. The molecule has 0 fully saturated rings. The van der Waals surface area contributed by atoms with Gasteiger partial charge in [-0.1, -0.05) is 0 Å². The Kier molecular flexibility index (Phi) is 620. The number of hydrogen-bond donors (Lipinski definition) is 0. The lowest BCUT2D eigenvalue weighted by Crippen LogP contribution is -0.552. The Morgan fingerprint density at radius 2 is 0.500 bits per heavy atom. The SMILES string of the molecule is Br.Br.Br.Br.C=C. The molecule has 0 radical (unpaired) electrons. The van der Waals surface area contributed by atoms with Gasteiger partial charge in [0.15, 0.2) is 0 Å². The Hall–Kier alpha value is 1.66. The molecule has 0 aromatic carbocycles. The largest absolute Gasteiger partial charge is 0.114 e. The van der Waals surface area contributed by atoms with Gasteiger partial charge in [0, 0.05) is 0 Å². The van der Waals surface area contributed by atoms with Crippen LogP contribution in [0.15, 0.2) is 13.2 Å². The van der Waals surface area contributed by atoms with Crippen molar-refractivity contribution in [1.29, 1.82) is 0 Å². The van der Waals surface area contributed by atoms with Crippen LogP contribution in [-0.4, -0.2) is 0 Å². The van der Waals surface area contributed by atoms with Crippen LogP contribution in [0.4, 0.5) is 0 Å². The monoisotopic (exact) mass is 348 g/mol. The van der Waals surface area contributed by atoms with Gasteiger partial charge in [0.2, 0.25) is 0 Å². The highest BCUT2D eigenvalue weighted by Crippen LogP contribution is 0.863. The highest BCUT2D eigenvalue weighted by molar-refractivity contribution is 8.93. The summed E-state index contributed by atoms with van der Waals surface area (Å²) in [5.74, 6) is 0. The van der Waals surface area contributed by atoms with E-state index in [4.69, 9.17) is 0 Å². The number of halogens is 4. The molecule has 0 N–H and O–H groups in total.